The topological polar surface area (TPSA) is 41.6 Å². The third kappa shape index (κ3) is 3.64. The van der Waals surface area contributed by atoms with Crippen LogP contribution in [0.3, 0.4) is 0 Å². The molecule has 0 bridgehead atoms. The Balaban J connectivity index is 1.75. The molecule has 1 saturated heterocycles. The van der Waals surface area contributed by atoms with Gasteiger partial charge in [-0.2, -0.15) is 0 Å². The van der Waals surface area contributed by atoms with Crippen molar-refractivity contribution in [3.63, 3.8) is 0 Å². The van der Waals surface area contributed by atoms with Crippen molar-refractivity contribution in [3.05, 3.63) is 59.9 Å². The monoisotopic (exact) mass is 346 g/mol. The minimum absolute atomic E-state index is 0.107. The Labute approximate surface area is 145 Å². The molecule has 0 radical (unpaired) electrons. The quantitative estimate of drug-likeness (QED) is 0.886. The van der Waals surface area contributed by atoms with E-state index in [1.165, 1.54) is 12.1 Å². The molecule has 1 aliphatic heterocycles. The predicted molar refractivity (Wildman–Crippen MR) is 94.9 cm³/mol. The van der Waals surface area contributed by atoms with Gasteiger partial charge in [-0.05, 0) is 36.8 Å². The Morgan fingerprint density at radius 3 is 2.79 bits per heavy atom. The van der Waals surface area contributed by atoms with Gasteiger partial charge in [0, 0.05) is 12.3 Å². The Hall–Kier alpha value is -2.21. The van der Waals surface area contributed by atoms with Gasteiger partial charge in [0.25, 0.3) is 0 Å². The molecule has 6 heteroatoms. The fourth-order valence-electron chi connectivity index (χ4n) is 2.62. The van der Waals surface area contributed by atoms with Crippen LogP contribution in [-0.4, -0.2) is 29.8 Å². The fraction of sp³-hybridized carbons (Fsp3) is 0.278. The average Bonchev–Trinajstić information content (AvgIpc) is 3.07. The molecular weight excluding hydrogens is 327 g/mol. The summed E-state index contributed by atoms with van der Waals surface area (Å²) in [4.78, 5) is 14.5. The van der Waals surface area contributed by atoms with Crippen molar-refractivity contribution in [2.45, 2.75) is 12.3 Å². The van der Waals surface area contributed by atoms with E-state index in [1.54, 1.807) is 28.8 Å². The van der Waals surface area contributed by atoms with Gasteiger partial charge in [-0.1, -0.05) is 24.3 Å². The number of benzene rings is 2. The van der Waals surface area contributed by atoms with Crippen LogP contribution in [-0.2, 0) is 0 Å². The second-order valence-electron chi connectivity index (χ2n) is 5.33. The molecule has 24 heavy (non-hydrogen) atoms. The number of anilines is 1. The molecule has 0 saturated carbocycles. The molecule has 2 amide bonds. The van der Waals surface area contributed by atoms with Gasteiger partial charge in [0.2, 0.25) is 0 Å². The molecule has 1 aliphatic rings. The highest BCUT2D eigenvalue weighted by molar-refractivity contribution is 7.99. The second kappa shape index (κ2) is 7.57. The zero-order chi connectivity index (χ0) is 16.9. The summed E-state index contributed by atoms with van der Waals surface area (Å²) in [6.45, 7) is 3.08. The van der Waals surface area contributed by atoms with Gasteiger partial charge in [0.15, 0.2) is 0 Å². The van der Waals surface area contributed by atoms with Gasteiger partial charge in [0.05, 0.1) is 12.3 Å². The van der Waals surface area contributed by atoms with Crippen molar-refractivity contribution >= 4 is 23.5 Å². The van der Waals surface area contributed by atoms with Crippen molar-refractivity contribution in [2.24, 2.45) is 0 Å². The summed E-state index contributed by atoms with van der Waals surface area (Å²) in [5.74, 6) is 1.23. The summed E-state index contributed by atoms with van der Waals surface area (Å²) >= 11 is 1.67. The lowest BCUT2D eigenvalue weighted by molar-refractivity contribution is 0.214. The molecule has 1 heterocycles. The molecule has 0 spiro atoms. The number of carbonyl (C=O) groups is 1. The number of hydrogen-bond donors (Lipinski definition) is 1. The van der Waals surface area contributed by atoms with Gasteiger partial charge in [-0.3, -0.25) is 0 Å². The van der Waals surface area contributed by atoms with E-state index >= 15 is 0 Å². The number of amides is 2. The zero-order valence-corrected chi connectivity index (χ0v) is 14.2. The molecule has 1 fully saturated rings. The van der Waals surface area contributed by atoms with Crippen LogP contribution >= 0.6 is 11.8 Å². The first kappa shape index (κ1) is 16.6. The smallest absolute Gasteiger partial charge is 0.323 e. The summed E-state index contributed by atoms with van der Waals surface area (Å²) in [7, 11) is 0. The molecule has 126 valence electrons. The first-order chi connectivity index (χ1) is 11.7. The minimum Gasteiger partial charge on any atom is -0.492 e. The van der Waals surface area contributed by atoms with E-state index in [9.17, 15) is 9.18 Å². The van der Waals surface area contributed by atoms with Gasteiger partial charge in [-0.25, -0.2) is 9.18 Å². The third-order valence-corrected chi connectivity index (χ3v) is 5.00. The molecule has 2 aromatic carbocycles. The van der Waals surface area contributed by atoms with Gasteiger partial charge in [0.1, 0.15) is 16.9 Å². The van der Waals surface area contributed by atoms with Gasteiger partial charge < -0.3 is 15.0 Å². The van der Waals surface area contributed by atoms with E-state index in [-0.39, 0.29) is 17.2 Å². The maximum atomic E-state index is 13.1. The van der Waals surface area contributed by atoms with E-state index < -0.39 is 0 Å². The maximum Gasteiger partial charge on any atom is 0.323 e. The number of carbonyl (C=O) groups excluding carboxylic acids is 1. The number of urea groups is 1. The fourth-order valence-corrected chi connectivity index (χ4v) is 3.88. The van der Waals surface area contributed by atoms with E-state index in [2.05, 4.69) is 5.32 Å². The number of rotatable bonds is 4. The van der Waals surface area contributed by atoms with Crippen LogP contribution in [0.4, 0.5) is 14.9 Å². The summed E-state index contributed by atoms with van der Waals surface area (Å²) in [5.41, 5.74) is 1.58. The number of nitrogens with zero attached hydrogens (tertiary/aromatic N) is 1. The summed E-state index contributed by atoms with van der Waals surface area (Å²) in [6.07, 6.45) is 0. The Bertz CT molecular complexity index is 708. The van der Waals surface area contributed by atoms with Crippen molar-refractivity contribution in [1.82, 2.24) is 4.90 Å². The molecule has 1 unspecified atom stereocenters. The Kier molecular flexibility index (Phi) is 5.25. The van der Waals surface area contributed by atoms with Crippen LogP contribution in [0.5, 0.6) is 5.75 Å². The lowest BCUT2D eigenvalue weighted by Gasteiger charge is -2.25. The normalized spacial score (nSPS) is 16.9. The number of nitrogens with one attached hydrogen (secondary N) is 1. The van der Waals surface area contributed by atoms with Gasteiger partial charge >= 0.3 is 6.03 Å². The highest BCUT2D eigenvalue weighted by Gasteiger charge is 2.31. The molecule has 0 aliphatic carbocycles. The van der Waals surface area contributed by atoms with Crippen LogP contribution in [0.2, 0.25) is 0 Å². The summed E-state index contributed by atoms with van der Waals surface area (Å²) in [6, 6.07) is 13.5. The number of para-hydroxylation sites is 2. The summed E-state index contributed by atoms with van der Waals surface area (Å²) in [5, 5.41) is 2.82. The molecule has 2 aromatic rings. The Morgan fingerprint density at radius 1 is 1.29 bits per heavy atom. The third-order valence-electron chi connectivity index (χ3n) is 3.74. The molecule has 4 nitrogen and oxygen atoms in total. The lowest BCUT2D eigenvalue weighted by atomic mass is 10.2. The van der Waals surface area contributed by atoms with E-state index in [0.29, 0.717) is 24.6 Å². The van der Waals surface area contributed by atoms with Crippen molar-refractivity contribution < 1.29 is 13.9 Å². The average molecular weight is 346 g/mol. The highest BCUT2D eigenvalue weighted by atomic mass is 32.2. The standard InChI is InChI=1S/C18H19FN2O2S/c1-2-23-16-6-4-3-5-15(16)20-18(22)21-11-12-24-17(21)13-7-9-14(19)10-8-13/h3-10,17H,2,11-12H2,1H3,(H,20,22). The van der Waals surface area contributed by atoms with Crippen molar-refractivity contribution in [3.8, 4) is 5.75 Å². The molecule has 0 aromatic heterocycles. The van der Waals surface area contributed by atoms with E-state index in [4.69, 9.17) is 4.74 Å². The van der Waals surface area contributed by atoms with Crippen LogP contribution in [0, 0.1) is 5.82 Å². The van der Waals surface area contributed by atoms with Crippen LogP contribution < -0.4 is 10.1 Å². The number of ether oxygens (including phenoxy) is 1. The SMILES string of the molecule is CCOc1ccccc1NC(=O)N1CCSC1c1ccc(F)cc1. The molecular formula is C18H19FN2O2S. The maximum absolute atomic E-state index is 13.1. The zero-order valence-electron chi connectivity index (χ0n) is 13.4. The molecule has 1 N–H and O–H groups in total. The van der Waals surface area contributed by atoms with Gasteiger partial charge in [-0.15, -0.1) is 11.8 Å². The number of halogens is 1. The van der Waals surface area contributed by atoms with Crippen LogP contribution in [0.25, 0.3) is 0 Å². The van der Waals surface area contributed by atoms with Crippen molar-refractivity contribution in [2.75, 3.05) is 24.2 Å². The first-order valence-electron chi connectivity index (χ1n) is 7.85. The summed E-state index contributed by atoms with van der Waals surface area (Å²) < 4.78 is 18.7. The predicted octanol–water partition coefficient (Wildman–Crippen LogP) is 4.50. The van der Waals surface area contributed by atoms with E-state index in [0.717, 1.165) is 11.3 Å². The number of thioether (sulfide) groups is 1. The Morgan fingerprint density at radius 2 is 2.04 bits per heavy atom. The highest BCUT2D eigenvalue weighted by Crippen LogP contribution is 2.38. The largest absolute Gasteiger partial charge is 0.492 e. The molecule has 1 atom stereocenters. The van der Waals surface area contributed by atoms with E-state index in [1.807, 2.05) is 31.2 Å². The lowest BCUT2D eigenvalue weighted by Crippen LogP contribution is -2.34. The second-order valence-corrected chi connectivity index (χ2v) is 6.52. The van der Waals surface area contributed by atoms with Crippen LogP contribution in [0.1, 0.15) is 17.9 Å². The van der Waals surface area contributed by atoms with Crippen LogP contribution in [0.15, 0.2) is 48.5 Å². The first-order valence-corrected chi connectivity index (χ1v) is 8.90. The number of hydrogen-bond acceptors (Lipinski definition) is 3. The minimum atomic E-state index is -0.275. The van der Waals surface area contributed by atoms with Crippen molar-refractivity contribution in [1.29, 1.82) is 0 Å². The molecule has 3 rings (SSSR count).